The van der Waals surface area contributed by atoms with E-state index in [0.717, 1.165) is 43.0 Å². The first-order chi connectivity index (χ1) is 15.1. The molecule has 1 aromatic carbocycles. The van der Waals surface area contributed by atoms with Gasteiger partial charge in [-0.2, -0.15) is 0 Å². The molecule has 31 heavy (non-hydrogen) atoms. The molecule has 0 saturated carbocycles. The average Bonchev–Trinajstić information content (AvgIpc) is 3.38. The van der Waals surface area contributed by atoms with Crippen molar-refractivity contribution in [3.63, 3.8) is 0 Å². The molecule has 2 aromatic rings. The van der Waals surface area contributed by atoms with Gasteiger partial charge in [0.15, 0.2) is 0 Å². The average molecular weight is 422 g/mol. The number of benzene rings is 1. The van der Waals surface area contributed by atoms with E-state index in [0.29, 0.717) is 18.5 Å². The zero-order valence-electron chi connectivity index (χ0n) is 17.4. The minimum atomic E-state index is -0.624. The van der Waals surface area contributed by atoms with E-state index in [2.05, 4.69) is 20.5 Å². The number of imide groups is 1. The van der Waals surface area contributed by atoms with E-state index in [4.69, 9.17) is 0 Å². The topological polar surface area (TPSA) is 100 Å². The number of aromatic nitrogens is 3. The van der Waals surface area contributed by atoms with Crippen molar-refractivity contribution in [3.8, 4) is 5.69 Å². The molecule has 5 rings (SSSR count). The second kappa shape index (κ2) is 8.22. The molecule has 0 aliphatic carbocycles. The van der Waals surface area contributed by atoms with Crippen LogP contribution in [-0.4, -0.2) is 68.2 Å². The molecule has 162 valence electrons. The third-order valence-electron chi connectivity index (χ3n) is 6.48. The highest BCUT2D eigenvalue weighted by Crippen LogP contribution is 2.31. The Labute approximate surface area is 180 Å². The Hall–Kier alpha value is -3.07. The van der Waals surface area contributed by atoms with Crippen molar-refractivity contribution >= 4 is 17.7 Å². The summed E-state index contributed by atoms with van der Waals surface area (Å²) in [6.45, 7) is 3.60. The fourth-order valence-corrected chi connectivity index (χ4v) is 4.77. The Bertz CT molecular complexity index is 1030. The third kappa shape index (κ3) is 3.85. The Balaban J connectivity index is 1.33. The molecule has 0 radical (unpaired) electrons. The van der Waals surface area contributed by atoms with Gasteiger partial charge in [-0.3, -0.25) is 19.7 Å². The van der Waals surface area contributed by atoms with Crippen molar-refractivity contribution in [1.29, 1.82) is 0 Å². The lowest BCUT2D eigenvalue weighted by molar-refractivity contribution is -0.136. The summed E-state index contributed by atoms with van der Waals surface area (Å²) in [6, 6.07) is 4.90. The van der Waals surface area contributed by atoms with Crippen LogP contribution in [0, 0.1) is 0 Å². The first-order valence-corrected chi connectivity index (χ1v) is 11.0. The van der Waals surface area contributed by atoms with Gasteiger partial charge < -0.3 is 9.80 Å². The number of nitrogens with zero attached hydrogens (tertiary/aromatic N) is 5. The van der Waals surface area contributed by atoms with Gasteiger partial charge in [0.2, 0.25) is 11.8 Å². The summed E-state index contributed by atoms with van der Waals surface area (Å²) in [5, 5.41) is 11.0. The summed E-state index contributed by atoms with van der Waals surface area (Å²) in [7, 11) is 0. The van der Waals surface area contributed by atoms with E-state index < -0.39 is 11.9 Å². The highest BCUT2D eigenvalue weighted by molar-refractivity contribution is 6.05. The number of likely N-dealkylation sites (tertiary alicyclic amines) is 1. The monoisotopic (exact) mass is 422 g/mol. The fourth-order valence-electron chi connectivity index (χ4n) is 4.77. The summed E-state index contributed by atoms with van der Waals surface area (Å²) in [4.78, 5) is 40.8. The minimum absolute atomic E-state index is 0.184. The van der Waals surface area contributed by atoms with Crippen LogP contribution in [-0.2, 0) is 22.6 Å². The van der Waals surface area contributed by atoms with Crippen molar-refractivity contribution < 1.29 is 14.4 Å². The number of piperidine rings is 2. The maximum atomic E-state index is 13.0. The van der Waals surface area contributed by atoms with Crippen molar-refractivity contribution in [1.82, 2.24) is 30.1 Å². The van der Waals surface area contributed by atoms with Crippen molar-refractivity contribution in [2.45, 2.75) is 51.1 Å². The lowest BCUT2D eigenvalue weighted by Crippen LogP contribution is -2.52. The van der Waals surface area contributed by atoms with Gasteiger partial charge in [-0.05, 0) is 44.5 Å². The SMILES string of the molecule is O=C1CCC(N2Cc3c(cccc3-n3cc(CCN4CCCCC4)nn3)C2=O)C(=O)N1. The number of rotatable bonds is 5. The van der Waals surface area contributed by atoms with Crippen molar-refractivity contribution in [3.05, 3.63) is 41.2 Å². The predicted octanol–water partition coefficient (Wildman–Crippen LogP) is 1.06. The van der Waals surface area contributed by atoms with Crippen LogP contribution < -0.4 is 5.32 Å². The summed E-state index contributed by atoms with van der Waals surface area (Å²) in [5.74, 6) is -0.873. The molecular weight excluding hydrogens is 396 g/mol. The van der Waals surface area contributed by atoms with Gasteiger partial charge >= 0.3 is 0 Å². The number of carbonyl (C=O) groups excluding carboxylic acids is 3. The first kappa shape index (κ1) is 19.9. The molecule has 1 atom stereocenters. The summed E-state index contributed by atoms with van der Waals surface area (Å²) >= 11 is 0. The molecule has 4 heterocycles. The quantitative estimate of drug-likeness (QED) is 0.723. The molecule has 3 aliphatic heterocycles. The Morgan fingerprint density at radius 1 is 1.10 bits per heavy atom. The number of amides is 3. The molecule has 1 aromatic heterocycles. The number of hydrogen-bond acceptors (Lipinski definition) is 6. The third-order valence-corrected chi connectivity index (χ3v) is 6.48. The summed E-state index contributed by atoms with van der Waals surface area (Å²) in [6.07, 6.45) is 7.22. The van der Waals surface area contributed by atoms with Gasteiger partial charge in [0.25, 0.3) is 5.91 Å². The maximum absolute atomic E-state index is 13.0. The van der Waals surface area contributed by atoms with Gasteiger partial charge in [0.1, 0.15) is 6.04 Å². The maximum Gasteiger partial charge on any atom is 0.255 e. The summed E-state index contributed by atoms with van der Waals surface area (Å²) < 4.78 is 1.73. The van der Waals surface area contributed by atoms with Crippen LogP contribution in [0.3, 0.4) is 0 Å². The normalized spacial score (nSPS) is 22.0. The van der Waals surface area contributed by atoms with Gasteiger partial charge in [0, 0.05) is 37.1 Å². The number of hydrogen-bond donors (Lipinski definition) is 1. The van der Waals surface area contributed by atoms with Crippen molar-refractivity contribution in [2.75, 3.05) is 19.6 Å². The number of carbonyl (C=O) groups is 3. The van der Waals surface area contributed by atoms with Crippen LogP contribution in [0.15, 0.2) is 24.4 Å². The van der Waals surface area contributed by atoms with E-state index >= 15 is 0 Å². The van der Waals surface area contributed by atoms with E-state index in [9.17, 15) is 14.4 Å². The van der Waals surface area contributed by atoms with E-state index in [1.165, 1.54) is 19.3 Å². The lowest BCUT2D eigenvalue weighted by atomic mass is 10.0. The molecule has 3 aliphatic rings. The van der Waals surface area contributed by atoms with Crippen LogP contribution in [0.25, 0.3) is 5.69 Å². The van der Waals surface area contributed by atoms with Crippen molar-refractivity contribution in [2.24, 2.45) is 0 Å². The molecular formula is C22H26N6O3. The molecule has 0 bridgehead atoms. The molecule has 2 saturated heterocycles. The number of nitrogens with one attached hydrogen (secondary N) is 1. The molecule has 3 amide bonds. The van der Waals surface area contributed by atoms with Gasteiger partial charge in [-0.1, -0.05) is 17.7 Å². The first-order valence-electron chi connectivity index (χ1n) is 11.0. The van der Waals surface area contributed by atoms with Crippen LogP contribution in [0.1, 0.15) is 53.7 Å². The lowest BCUT2D eigenvalue weighted by Gasteiger charge is -2.29. The predicted molar refractivity (Wildman–Crippen MR) is 111 cm³/mol. The largest absolute Gasteiger partial charge is 0.322 e. The minimum Gasteiger partial charge on any atom is -0.322 e. The summed E-state index contributed by atoms with van der Waals surface area (Å²) in [5.41, 5.74) is 3.14. The Morgan fingerprint density at radius 3 is 2.74 bits per heavy atom. The van der Waals surface area contributed by atoms with E-state index in [1.807, 2.05) is 18.3 Å². The second-order valence-electron chi connectivity index (χ2n) is 8.51. The highest BCUT2D eigenvalue weighted by Gasteiger charge is 2.40. The van der Waals surface area contributed by atoms with Crippen LogP contribution in [0.5, 0.6) is 0 Å². The van der Waals surface area contributed by atoms with Gasteiger partial charge in [0.05, 0.1) is 17.6 Å². The van der Waals surface area contributed by atoms with E-state index in [-0.39, 0.29) is 18.2 Å². The zero-order chi connectivity index (χ0) is 21.4. The smallest absolute Gasteiger partial charge is 0.255 e. The zero-order valence-corrected chi connectivity index (χ0v) is 17.4. The molecule has 1 N–H and O–H groups in total. The highest BCUT2D eigenvalue weighted by atomic mass is 16.2. The second-order valence-corrected chi connectivity index (χ2v) is 8.51. The Kier molecular flexibility index (Phi) is 5.27. The molecule has 2 fully saturated rings. The fraction of sp³-hybridized carbons (Fsp3) is 0.500. The molecule has 9 nitrogen and oxygen atoms in total. The van der Waals surface area contributed by atoms with Crippen LogP contribution in [0.4, 0.5) is 0 Å². The van der Waals surface area contributed by atoms with Crippen LogP contribution in [0.2, 0.25) is 0 Å². The van der Waals surface area contributed by atoms with E-state index in [1.54, 1.807) is 15.6 Å². The Morgan fingerprint density at radius 2 is 1.94 bits per heavy atom. The standard InChI is InChI=1S/C22H26N6O3/c29-20-8-7-19(21(30)23-20)27-14-17-16(22(27)31)5-4-6-18(17)28-13-15(24-25-28)9-12-26-10-2-1-3-11-26/h4-6,13,19H,1-3,7-12,14H2,(H,23,29,30). The van der Waals surface area contributed by atoms with Gasteiger partial charge in [-0.15, -0.1) is 5.10 Å². The molecule has 1 unspecified atom stereocenters. The number of fused-ring (bicyclic) bond motifs is 1. The van der Waals surface area contributed by atoms with Crippen LogP contribution >= 0.6 is 0 Å². The molecule has 9 heteroatoms. The van der Waals surface area contributed by atoms with Gasteiger partial charge in [-0.25, -0.2) is 4.68 Å². The molecule has 0 spiro atoms.